The number of amides is 2. The monoisotopic (exact) mass is 296 g/mol. The van der Waals surface area contributed by atoms with Crippen molar-refractivity contribution in [1.29, 1.82) is 0 Å². The van der Waals surface area contributed by atoms with Crippen LogP contribution < -0.4 is 15.5 Å². The summed E-state index contributed by atoms with van der Waals surface area (Å²) in [5.41, 5.74) is 0.540. The summed E-state index contributed by atoms with van der Waals surface area (Å²) in [6.45, 7) is 4.35. The topological polar surface area (TPSA) is 62.6 Å². The zero-order chi connectivity index (χ0) is 15.8. The summed E-state index contributed by atoms with van der Waals surface area (Å²) in [5.74, 6) is -0.635. The number of carbonyl (C=O) groups is 2. The number of likely N-dealkylation sites (N-methyl/N-ethyl adjacent to an activating group) is 1. The first kappa shape index (κ1) is 17.1. The Morgan fingerprint density at radius 1 is 1.19 bits per heavy atom. The third-order valence-electron chi connectivity index (χ3n) is 3.07. The summed E-state index contributed by atoms with van der Waals surface area (Å²) in [5, 5.41) is 5.52. The molecule has 0 heterocycles. The van der Waals surface area contributed by atoms with E-state index < -0.39 is 0 Å². The van der Waals surface area contributed by atoms with Crippen LogP contribution in [-0.2, 0) is 9.59 Å². The van der Waals surface area contributed by atoms with Crippen LogP contribution in [0.3, 0.4) is 0 Å². The van der Waals surface area contributed by atoms with Crippen LogP contribution in [0.4, 0.5) is 10.1 Å². The highest BCUT2D eigenvalue weighted by atomic mass is 19.1. The molecule has 3 N–H and O–H groups in total. The Balaban J connectivity index is 2.36. The van der Waals surface area contributed by atoms with Crippen LogP contribution in [0.5, 0.6) is 0 Å². The molecule has 116 valence electrons. The maximum absolute atomic E-state index is 12.7. The number of nitrogens with one attached hydrogen (secondary N) is 3. The number of hydrogen-bond acceptors (Lipinski definition) is 2. The van der Waals surface area contributed by atoms with Crippen molar-refractivity contribution in [3.05, 3.63) is 30.1 Å². The Labute approximate surface area is 124 Å². The minimum Gasteiger partial charge on any atom is -0.349 e. The Hall–Kier alpha value is -1.95. The normalized spacial score (nSPS) is 13.3. The average molecular weight is 296 g/mol. The van der Waals surface area contributed by atoms with Crippen LogP contribution >= 0.6 is 0 Å². The number of quaternary nitrogens is 1. The highest BCUT2D eigenvalue weighted by Crippen LogP contribution is 2.07. The van der Waals surface area contributed by atoms with Crippen LogP contribution in [-0.4, -0.2) is 38.0 Å². The highest BCUT2D eigenvalue weighted by Gasteiger charge is 2.15. The zero-order valence-corrected chi connectivity index (χ0v) is 12.7. The van der Waals surface area contributed by atoms with Gasteiger partial charge in [-0.15, -0.1) is 0 Å². The number of hydrogen-bond donors (Lipinski definition) is 3. The molecule has 6 heteroatoms. The maximum atomic E-state index is 12.7. The van der Waals surface area contributed by atoms with E-state index in [0.717, 1.165) is 11.3 Å². The number of rotatable bonds is 7. The van der Waals surface area contributed by atoms with Crippen molar-refractivity contribution in [2.45, 2.75) is 26.3 Å². The van der Waals surface area contributed by atoms with E-state index in [9.17, 15) is 14.0 Å². The van der Waals surface area contributed by atoms with Gasteiger partial charge in [-0.2, -0.15) is 0 Å². The Kier molecular flexibility index (Phi) is 6.81. The predicted octanol–water partition coefficient (Wildman–Crippen LogP) is 0.194. The van der Waals surface area contributed by atoms with Gasteiger partial charge in [-0.25, -0.2) is 4.39 Å². The first-order valence-corrected chi connectivity index (χ1v) is 7.06. The third kappa shape index (κ3) is 6.85. The fourth-order valence-corrected chi connectivity index (χ4v) is 1.78. The number of benzene rings is 1. The summed E-state index contributed by atoms with van der Waals surface area (Å²) in [7, 11) is 1.78. The molecule has 1 rings (SSSR count). The second-order valence-electron chi connectivity index (χ2n) is 5.24. The van der Waals surface area contributed by atoms with Crippen LogP contribution in [0.15, 0.2) is 24.3 Å². The average Bonchev–Trinajstić information content (AvgIpc) is 2.40. The van der Waals surface area contributed by atoms with E-state index in [-0.39, 0.29) is 36.8 Å². The molecule has 0 fully saturated rings. The van der Waals surface area contributed by atoms with Crippen LogP contribution in [0.1, 0.15) is 20.3 Å². The lowest BCUT2D eigenvalue weighted by atomic mass is 10.2. The summed E-state index contributed by atoms with van der Waals surface area (Å²) in [6, 6.07) is 5.70. The molecule has 0 bridgehead atoms. The Bertz CT molecular complexity index is 476. The lowest BCUT2D eigenvalue weighted by Gasteiger charge is -2.16. The molecule has 1 aromatic carbocycles. The van der Waals surface area contributed by atoms with E-state index in [4.69, 9.17) is 0 Å². The van der Waals surface area contributed by atoms with Gasteiger partial charge in [0.1, 0.15) is 5.82 Å². The van der Waals surface area contributed by atoms with Crippen LogP contribution in [0.25, 0.3) is 0 Å². The first-order valence-electron chi connectivity index (χ1n) is 7.06. The molecular formula is C15H23FN3O2+. The van der Waals surface area contributed by atoms with E-state index in [0.29, 0.717) is 5.69 Å². The molecule has 21 heavy (non-hydrogen) atoms. The summed E-state index contributed by atoms with van der Waals surface area (Å²) < 4.78 is 12.7. The van der Waals surface area contributed by atoms with Crippen molar-refractivity contribution < 1.29 is 18.9 Å². The molecular weight excluding hydrogens is 273 g/mol. The van der Waals surface area contributed by atoms with Crippen molar-refractivity contribution >= 4 is 17.5 Å². The van der Waals surface area contributed by atoms with Crippen LogP contribution in [0, 0.1) is 5.82 Å². The number of halogens is 1. The van der Waals surface area contributed by atoms with Crippen molar-refractivity contribution in [3.8, 4) is 0 Å². The molecule has 0 saturated carbocycles. The second kappa shape index (κ2) is 8.36. The smallest absolute Gasteiger partial charge is 0.279 e. The standard InChI is InChI=1S/C15H22FN3O2/c1-4-11(2)17-14(20)9-19(3)10-15(21)18-13-7-5-12(16)6-8-13/h5-8,11H,4,9-10H2,1-3H3,(H,17,20)(H,18,21)/p+1/t11-/m1/s1. The molecule has 0 aliphatic carbocycles. The molecule has 0 spiro atoms. The fourth-order valence-electron chi connectivity index (χ4n) is 1.78. The lowest BCUT2D eigenvalue weighted by molar-refractivity contribution is -0.862. The molecule has 0 radical (unpaired) electrons. The predicted molar refractivity (Wildman–Crippen MR) is 79.5 cm³/mol. The second-order valence-corrected chi connectivity index (χ2v) is 5.24. The van der Waals surface area contributed by atoms with Crippen molar-refractivity contribution in [3.63, 3.8) is 0 Å². The van der Waals surface area contributed by atoms with Gasteiger partial charge in [0.05, 0.1) is 7.05 Å². The van der Waals surface area contributed by atoms with E-state index in [2.05, 4.69) is 10.6 Å². The summed E-state index contributed by atoms with van der Waals surface area (Å²) in [4.78, 5) is 24.3. The summed E-state index contributed by atoms with van der Waals surface area (Å²) >= 11 is 0. The summed E-state index contributed by atoms with van der Waals surface area (Å²) in [6.07, 6.45) is 0.871. The molecule has 0 aliphatic heterocycles. The molecule has 2 amide bonds. The SMILES string of the molecule is CC[C@@H](C)NC(=O)C[NH+](C)CC(=O)Nc1ccc(F)cc1. The van der Waals surface area contributed by atoms with E-state index in [1.54, 1.807) is 7.05 Å². The van der Waals surface area contributed by atoms with Gasteiger partial charge in [0.15, 0.2) is 13.1 Å². The molecule has 1 aromatic rings. The molecule has 0 aromatic heterocycles. The zero-order valence-electron chi connectivity index (χ0n) is 12.7. The largest absolute Gasteiger partial charge is 0.349 e. The molecule has 0 aliphatic rings. The molecule has 1 unspecified atom stereocenters. The Morgan fingerprint density at radius 2 is 1.76 bits per heavy atom. The van der Waals surface area contributed by atoms with Gasteiger partial charge in [-0.3, -0.25) is 9.59 Å². The van der Waals surface area contributed by atoms with E-state index >= 15 is 0 Å². The quantitative estimate of drug-likeness (QED) is 0.673. The van der Waals surface area contributed by atoms with Gasteiger partial charge in [0.25, 0.3) is 11.8 Å². The van der Waals surface area contributed by atoms with Gasteiger partial charge in [0, 0.05) is 11.7 Å². The van der Waals surface area contributed by atoms with Crippen molar-refractivity contribution in [2.75, 3.05) is 25.5 Å². The number of anilines is 1. The Morgan fingerprint density at radius 3 is 2.33 bits per heavy atom. The van der Waals surface area contributed by atoms with Crippen molar-refractivity contribution in [2.24, 2.45) is 0 Å². The van der Waals surface area contributed by atoms with Gasteiger partial charge >= 0.3 is 0 Å². The van der Waals surface area contributed by atoms with Crippen LogP contribution in [0.2, 0.25) is 0 Å². The minimum absolute atomic E-state index is 0.0727. The third-order valence-corrected chi connectivity index (χ3v) is 3.07. The first-order chi connectivity index (χ1) is 9.90. The van der Waals surface area contributed by atoms with Crippen molar-refractivity contribution in [1.82, 2.24) is 5.32 Å². The molecule has 2 atom stereocenters. The van der Waals surface area contributed by atoms with E-state index in [1.165, 1.54) is 24.3 Å². The highest BCUT2D eigenvalue weighted by molar-refractivity contribution is 5.91. The van der Waals surface area contributed by atoms with Gasteiger partial charge in [-0.05, 0) is 37.6 Å². The van der Waals surface area contributed by atoms with Gasteiger partial charge in [-0.1, -0.05) is 6.92 Å². The lowest BCUT2D eigenvalue weighted by Crippen LogP contribution is -3.11. The number of carbonyl (C=O) groups excluding carboxylic acids is 2. The van der Waals surface area contributed by atoms with Gasteiger partial charge < -0.3 is 15.5 Å². The van der Waals surface area contributed by atoms with E-state index in [1.807, 2.05) is 13.8 Å². The van der Waals surface area contributed by atoms with Gasteiger partial charge in [0.2, 0.25) is 0 Å². The maximum Gasteiger partial charge on any atom is 0.279 e. The molecule has 0 saturated heterocycles. The molecule has 5 nitrogen and oxygen atoms in total. The fraction of sp³-hybridized carbons (Fsp3) is 0.467. The minimum atomic E-state index is -0.350.